The van der Waals surface area contributed by atoms with Crippen molar-refractivity contribution < 1.29 is 13.2 Å². The molecule has 0 aromatic carbocycles. The van der Waals surface area contributed by atoms with Crippen molar-refractivity contribution in [2.75, 3.05) is 23.4 Å². The van der Waals surface area contributed by atoms with Crippen LogP contribution < -0.4 is 10.9 Å². The lowest BCUT2D eigenvalue weighted by Gasteiger charge is -2.20. The maximum Gasteiger partial charge on any atom is 0.267 e. The van der Waals surface area contributed by atoms with E-state index in [0.29, 0.717) is 28.8 Å². The minimum absolute atomic E-state index is 0.0404. The lowest BCUT2D eigenvalue weighted by atomic mass is 10.2. The van der Waals surface area contributed by atoms with Gasteiger partial charge in [-0.2, -0.15) is 0 Å². The molecule has 8 nitrogen and oxygen atoms in total. The minimum atomic E-state index is -3.17. The number of thioether (sulfide) groups is 1. The van der Waals surface area contributed by atoms with E-state index in [1.807, 2.05) is 13.0 Å². The van der Waals surface area contributed by atoms with Crippen molar-refractivity contribution in [3.63, 3.8) is 0 Å². The van der Waals surface area contributed by atoms with E-state index in [1.165, 1.54) is 15.4 Å². The summed E-state index contributed by atoms with van der Waals surface area (Å²) in [5.41, 5.74) is 1.25. The number of fused-ring (bicyclic) bond motifs is 1. The van der Waals surface area contributed by atoms with E-state index < -0.39 is 15.9 Å². The van der Waals surface area contributed by atoms with E-state index in [4.69, 9.17) is 12.2 Å². The maximum atomic E-state index is 13.2. The molecule has 1 atom stereocenters. The molecular weight excluding hydrogens is 456 g/mol. The van der Waals surface area contributed by atoms with E-state index in [-0.39, 0.29) is 33.4 Å². The van der Waals surface area contributed by atoms with Gasteiger partial charge in [0, 0.05) is 12.7 Å². The van der Waals surface area contributed by atoms with Gasteiger partial charge in [0.05, 0.1) is 28.0 Å². The first-order valence-electron chi connectivity index (χ1n) is 9.56. The van der Waals surface area contributed by atoms with E-state index >= 15 is 0 Å². The Hall–Kier alpha value is -2.50. The Morgan fingerprint density at radius 2 is 2.19 bits per heavy atom. The number of aromatic nitrogens is 2. The first-order valence-corrected chi connectivity index (χ1v) is 12.6. The molecule has 31 heavy (non-hydrogen) atoms. The fraction of sp³-hybridized carbons (Fsp3) is 0.300. The number of thiocarbonyl (C=S) groups is 1. The number of hydrogen-bond acceptors (Lipinski definition) is 8. The van der Waals surface area contributed by atoms with E-state index in [1.54, 1.807) is 18.3 Å². The predicted octanol–water partition coefficient (Wildman–Crippen LogP) is 1.99. The molecule has 2 fully saturated rings. The van der Waals surface area contributed by atoms with Crippen molar-refractivity contribution in [2.45, 2.75) is 19.4 Å². The van der Waals surface area contributed by atoms with E-state index in [2.05, 4.69) is 16.9 Å². The Bertz CT molecular complexity index is 1310. The second kappa shape index (κ2) is 8.21. The van der Waals surface area contributed by atoms with Crippen molar-refractivity contribution in [1.29, 1.82) is 0 Å². The summed E-state index contributed by atoms with van der Waals surface area (Å²) in [7, 11) is -3.17. The van der Waals surface area contributed by atoms with Crippen molar-refractivity contribution in [3.05, 3.63) is 57.4 Å². The van der Waals surface area contributed by atoms with Gasteiger partial charge in [0.1, 0.15) is 15.8 Å². The summed E-state index contributed by atoms with van der Waals surface area (Å²) in [4.78, 5) is 32.5. The number of carbonyl (C=O) groups is 1. The van der Waals surface area contributed by atoms with Crippen LogP contribution in [0.3, 0.4) is 0 Å². The van der Waals surface area contributed by atoms with Crippen LogP contribution in [0.15, 0.2) is 40.7 Å². The van der Waals surface area contributed by atoms with Crippen molar-refractivity contribution in [3.8, 4) is 0 Å². The SMILES string of the molecule is C=CCNc1nc2c(C)cccn2c(=O)c1/C=C1/SC(=S)N(C2CCS(=O)(=O)C2)C1=O. The van der Waals surface area contributed by atoms with Gasteiger partial charge in [0.2, 0.25) is 0 Å². The second-order valence-electron chi connectivity index (χ2n) is 7.34. The standard InChI is InChI=1S/C20H20N4O4S3/c1-3-7-21-16-14(18(25)23-8-4-5-12(2)17(23)22-16)10-15-19(26)24(20(29)30-15)13-6-9-31(27,28)11-13/h3-5,8,10,13,21H,1,6-7,9,11H2,2H3/b15-10+. The minimum Gasteiger partial charge on any atom is -0.366 e. The number of aryl methyl sites for hydroxylation is 1. The van der Waals surface area contributed by atoms with Gasteiger partial charge in [-0.05, 0) is 31.1 Å². The van der Waals surface area contributed by atoms with Gasteiger partial charge in [0.25, 0.3) is 11.5 Å². The molecule has 162 valence electrons. The number of sulfone groups is 1. The van der Waals surface area contributed by atoms with Gasteiger partial charge < -0.3 is 5.32 Å². The lowest BCUT2D eigenvalue weighted by molar-refractivity contribution is -0.123. The summed E-state index contributed by atoms with van der Waals surface area (Å²) in [6.45, 7) is 5.92. The zero-order valence-corrected chi connectivity index (χ0v) is 19.1. The lowest BCUT2D eigenvalue weighted by Crippen LogP contribution is -2.39. The number of amides is 1. The molecule has 0 aliphatic carbocycles. The molecule has 2 aromatic rings. The Kier molecular flexibility index (Phi) is 5.75. The van der Waals surface area contributed by atoms with Crippen LogP contribution in [0, 0.1) is 6.92 Å². The number of nitrogens with zero attached hydrogens (tertiary/aromatic N) is 3. The van der Waals surface area contributed by atoms with Crippen LogP contribution in [0.25, 0.3) is 11.7 Å². The van der Waals surface area contributed by atoms with E-state index in [0.717, 1.165) is 17.3 Å². The van der Waals surface area contributed by atoms with Crippen molar-refractivity contribution in [2.24, 2.45) is 0 Å². The Morgan fingerprint density at radius 1 is 1.42 bits per heavy atom. The highest BCUT2D eigenvalue weighted by Gasteiger charge is 2.42. The highest BCUT2D eigenvalue weighted by molar-refractivity contribution is 8.26. The molecule has 1 amide bonds. The number of carbonyl (C=O) groups excluding carboxylic acids is 1. The summed E-state index contributed by atoms with van der Waals surface area (Å²) >= 11 is 6.42. The topological polar surface area (TPSA) is 101 Å². The molecule has 0 radical (unpaired) electrons. The summed E-state index contributed by atoms with van der Waals surface area (Å²) in [6.07, 6.45) is 5.11. The van der Waals surface area contributed by atoms with Crippen LogP contribution in [0.5, 0.6) is 0 Å². The number of hydrogen-bond donors (Lipinski definition) is 1. The molecule has 0 saturated carbocycles. The average Bonchev–Trinajstić information content (AvgIpc) is 3.21. The highest BCUT2D eigenvalue weighted by Crippen LogP contribution is 2.36. The maximum absolute atomic E-state index is 13.2. The quantitative estimate of drug-likeness (QED) is 0.397. The highest BCUT2D eigenvalue weighted by atomic mass is 32.2. The summed E-state index contributed by atoms with van der Waals surface area (Å²) in [6, 6.07) is 3.14. The molecule has 2 aliphatic heterocycles. The van der Waals surface area contributed by atoms with Crippen LogP contribution >= 0.6 is 24.0 Å². The van der Waals surface area contributed by atoms with Gasteiger partial charge in [-0.15, -0.1) is 6.58 Å². The number of rotatable bonds is 5. The molecule has 4 heterocycles. The van der Waals surface area contributed by atoms with Gasteiger partial charge in [-0.1, -0.05) is 36.1 Å². The Labute approximate surface area is 189 Å². The zero-order chi connectivity index (χ0) is 22.3. The van der Waals surface area contributed by atoms with Gasteiger partial charge in [-0.3, -0.25) is 18.9 Å². The van der Waals surface area contributed by atoms with Gasteiger partial charge >= 0.3 is 0 Å². The number of anilines is 1. The third-order valence-electron chi connectivity index (χ3n) is 5.17. The summed E-state index contributed by atoms with van der Waals surface area (Å²) in [5, 5.41) is 3.07. The molecule has 1 unspecified atom stereocenters. The largest absolute Gasteiger partial charge is 0.366 e. The molecule has 0 spiro atoms. The van der Waals surface area contributed by atoms with Crippen LogP contribution in [0.2, 0.25) is 0 Å². The van der Waals surface area contributed by atoms with Crippen LogP contribution in [0.1, 0.15) is 17.5 Å². The third kappa shape index (κ3) is 4.04. The molecule has 11 heteroatoms. The third-order valence-corrected chi connectivity index (χ3v) is 8.25. The molecule has 2 saturated heterocycles. The average molecular weight is 477 g/mol. The smallest absolute Gasteiger partial charge is 0.267 e. The zero-order valence-electron chi connectivity index (χ0n) is 16.7. The molecule has 2 aromatic heterocycles. The fourth-order valence-electron chi connectivity index (χ4n) is 3.65. The molecular formula is C20H20N4O4S3. The first-order chi connectivity index (χ1) is 14.7. The summed E-state index contributed by atoms with van der Waals surface area (Å²) in [5.74, 6) is -0.106. The van der Waals surface area contributed by atoms with Gasteiger partial charge in [-0.25, -0.2) is 13.4 Å². The molecule has 2 aliphatic rings. The fourth-order valence-corrected chi connectivity index (χ4v) is 6.73. The molecule has 0 bridgehead atoms. The van der Waals surface area contributed by atoms with Crippen LogP contribution in [0.4, 0.5) is 5.82 Å². The summed E-state index contributed by atoms with van der Waals surface area (Å²) < 4.78 is 25.4. The first kappa shape index (κ1) is 21.7. The van der Waals surface area contributed by atoms with Crippen molar-refractivity contribution in [1.82, 2.24) is 14.3 Å². The predicted molar refractivity (Wildman–Crippen MR) is 127 cm³/mol. The van der Waals surface area contributed by atoms with Crippen molar-refractivity contribution >= 4 is 61.6 Å². The van der Waals surface area contributed by atoms with Crippen LogP contribution in [-0.2, 0) is 14.6 Å². The normalized spacial score (nSPS) is 21.9. The number of nitrogens with one attached hydrogen (secondary N) is 1. The van der Waals surface area contributed by atoms with E-state index in [9.17, 15) is 18.0 Å². The monoisotopic (exact) mass is 476 g/mol. The van der Waals surface area contributed by atoms with Gasteiger partial charge in [0.15, 0.2) is 9.84 Å². The van der Waals surface area contributed by atoms with Crippen LogP contribution in [-0.4, -0.2) is 57.0 Å². The molecule has 1 N–H and O–H groups in total. The number of pyridine rings is 1. The Morgan fingerprint density at radius 3 is 2.87 bits per heavy atom. The Balaban J connectivity index is 1.79. The second-order valence-corrected chi connectivity index (χ2v) is 11.2. The molecule has 4 rings (SSSR count).